The zero-order chi connectivity index (χ0) is 26.6. The van der Waals surface area contributed by atoms with Gasteiger partial charge in [0.1, 0.15) is 23.9 Å². The molecule has 2 aromatic rings. The molecule has 0 aromatic heterocycles. The first-order valence-corrected chi connectivity index (χ1v) is 11.8. The van der Waals surface area contributed by atoms with Crippen LogP contribution in [-0.2, 0) is 37.0 Å². The molecule has 1 N–H and O–H groups in total. The van der Waals surface area contributed by atoms with Crippen molar-refractivity contribution in [1.82, 2.24) is 10.2 Å². The number of hydrogen-bond donors (Lipinski definition) is 1. The van der Waals surface area contributed by atoms with Gasteiger partial charge in [0.2, 0.25) is 5.91 Å². The molecule has 36 heavy (non-hydrogen) atoms. The third-order valence-electron chi connectivity index (χ3n) is 4.85. The van der Waals surface area contributed by atoms with E-state index in [0.29, 0.717) is 5.75 Å². The van der Waals surface area contributed by atoms with E-state index in [4.69, 9.17) is 18.9 Å². The topological polar surface area (TPSA) is 103 Å². The molecular formula is C27H36N2O7. The zero-order valence-electron chi connectivity index (χ0n) is 21.6. The van der Waals surface area contributed by atoms with Crippen LogP contribution in [0, 0.1) is 0 Å². The number of rotatable bonds is 12. The Hall–Kier alpha value is -3.59. The summed E-state index contributed by atoms with van der Waals surface area (Å²) in [6.45, 7) is 7.04. The quantitative estimate of drug-likeness (QED) is 0.443. The molecule has 0 heterocycles. The Bertz CT molecular complexity index is 972. The first-order valence-electron chi connectivity index (χ1n) is 11.8. The molecule has 0 aliphatic carbocycles. The van der Waals surface area contributed by atoms with Crippen molar-refractivity contribution in [2.75, 3.05) is 26.9 Å². The molecule has 1 unspecified atom stereocenters. The molecule has 1 atom stereocenters. The molecule has 0 fully saturated rings. The molecule has 0 spiro atoms. The maximum absolute atomic E-state index is 13.6. The van der Waals surface area contributed by atoms with Gasteiger partial charge < -0.3 is 29.2 Å². The van der Waals surface area contributed by atoms with Crippen molar-refractivity contribution >= 4 is 18.0 Å². The summed E-state index contributed by atoms with van der Waals surface area (Å²) >= 11 is 0. The van der Waals surface area contributed by atoms with Crippen LogP contribution in [0.5, 0.6) is 5.75 Å². The van der Waals surface area contributed by atoms with Gasteiger partial charge in [0, 0.05) is 6.54 Å². The Kier molecular flexibility index (Phi) is 11.2. The molecule has 0 saturated carbocycles. The number of benzene rings is 2. The average molecular weight is 501 g/mol. The van der Waals surface area contributed by atoms with Crippen molar-refractivity contribution in [1.29, 1.82) is 0 Å². The largest absolute Gasteiger partial charge is 0.497 e. The van der Waals surface area contributed by atoms with Crippen LogP contribution in [0.3, 0.4) is 0 Å². The molecule has 0 saturated heterocycles. The summed E-state index contributed by atoms with van der Waals surface area (Å²) in [4.78, 5) is 39.7. The number of hydrogen-bond acceptors (Lipinski definition) is 7. The highest BCUT2D eigenvalue weighted by atomic mass is 16.6. The average Bonchev–Trinajstić information content (AvgIpc) is 2.82. The molecular weight excluding hydrogens is 464 g/mol. The second-order valence-electron chi connectivity index (χ2n) is 9.05. The van der Waals surface area contributed by atoms with Crippen LogP contribution in [0.25, 0.3) is 0 Å². The summed E-state index contributed by atoms with van der Waals surface area (Å²) in [5.41, 5.74) is 0.938. The fourth-order valence-corrected chi connectivity index (χ4v) is 3.24. The number of esters is 1. The van der Waals surface area contributed by atoms with Gasteiger partial charge in [-0.15, -0.1) is 0 Å². The summed E-state index contributed by atoms with van der Waals surface area (Å²) < 4.78 is 21.3. The third kappa shape index (κ3) is 10.4. The Morgan fingerprint density at radius 2 is 1.64 bits per heavy atom. The molecule has 196 valence electrons. The van der Waals surface area contributed by atoms with E-state index in [9.17, 15) is 14.4 Å². The Balaban J connectivity index is 2.19. The molecule has 2 rings (SSSR count). The van der Waals surface area contributed by atoms with Crippen LogP contribution in [0.4, 0.5) is 4.79 Å². The van der Waals surface area contributed by atoms with Gasteiger partial charge in [-0.3, -0.25) is 9.59 Å². The van der Waals surface area contributed by atoms with Gasteiger partial charge in [-0.1, -0.05) is 42.5 Å². The molecule has 2 aromatic carbocycles. The minimum Gasteiger partial charge on any atom is -0.497 e. The molecule has 0 radical (unpaired) electrons. The van der Waals surface area contributed by atoms with Gasteiger partial charge in [-0.05, 0) is 51.0 Å². The van der Waals surface area contributed by atoms with Crippen LogP contribution in [0.1, 0.15) is 38.8 Å². The monoisotopic (exact) mass is 500 g/mol. The maximum atomic E-state index is 13.6. The summed E-state index contributed by atoms with van der Waals surface area (Å²) in [6.07, 6.45) is -0.760. The van der Waals surface area contributed by atoms with Gasteiger partial charge in [0.05, 0.1) is 26.9 Å². The van der Waals surface area contributed by atoms with Crippen molar-refractivity contribution in [3.05, 3.63) is 65.7 Å². The van der Waals surface area contributed by atoms with Crippen molar-refractivity contribution in [2.45, 2.75) is 52.5 Å². The highest BCUT2D eigenvalue weighted by Gasteiger charge is 2.30. The summed E-state index contributed by atoms with van der Waals surface area (Å²) in [5.74, 6) is -0.321. The number of carbonyl (C=O) groups is 3. The number of alkyl carbamates (subject to hydrolysis) is 1. The number of nitrogens with one attached hydrogen (secondary N) is 1. The lowest BCUT2D eigenvalue weighted by Crippen LogP contribution is -2.52. The first-order chi connectivity index (χ1) is 17.1. The fraction of sp³-hybridized carbons (Fsp3) is 0.444. The predicted molar refractivity (Wildman–Crippen MR) is 134 cm³/mol. The maximum Gasteiger partial charge on any atom is 0.408 e. The molecule has 0 bridgehead atoms. The van der Waals surface area contributed by atoms with Crippen molar-refractivity contribution < 1.29 is 33.3 Å². The predicted octanol–water partition coefficient (Wildman–Crippen LogP) is 3.70. The highest BCUT2D eigenvalue weighted by Crippen LogP contribution is 2.13. The smallest absolute Gasteiger partial charge is 0.408 e. The normalized spacial score (nSPS) is 11.8. The minimum absolute atomic E-state index is 0.127. The second-order valence-corrected chi connectivity index (χ2v) is 9.05. The van der Waals surface area contributed by atoms with Crippen LogP contribution in [0.2, 0.25) is 0 Å². The van der Waals surface area contributed by atoms with E-state index in [1.165, 1.54) is 4.90 Å². The lowest BCUT2D eigenvalue weighted by molar-refractivity contribution is -0.150. The summed E-state index contributed by atoms with van der Waals surface area (Å²) in [6, 6.07) is 15.5. The van der Waals surface area contributed by atoms with E-state index in [2.05, 4.69) is 5.32 Å². The van der Waals surface area contributed by atoms with Crippen molar-refractivity contribution in [3.63, 3.8) is 0 Å². The summed E-state index contributed by atoms with van der Waals surface area (Å²) in [7, 11) is 1.58. The standard InChI is InChI=1S/C27H36N2O7/c1-6-35-24(30)17-29(16-20-10-8-7-9-11-20)25(31)23(28-26(32)36-27(2,3)4)19-34-18-21-12-14-22(33-5)15-13-21/h7-15,23H,6,16-19H2,1-5H3,(H,28,32). The Morgan fingerprint density at radius 1 is 0.972 bits per heavy atom. The lowest BCUT2D eigenvalue weighted by Gasteiger charge is -2.28. The van der Waals surface area contributed by atoms with E-state index in [1.807, 2.05) is 42.5 Å². The lowest BCUT2D eigenvalue weighted by atomic mass is 10.2. The SMILES string of the molecule is CCOC(=O)CN(Cc1ccccc1)C(=O)C(COCc1ccc(OC)cc1)NC(=O)OC(C)(C)C. The first kappa shape index (κ1) is 28.6. The minimum atomic E-state index is -1.09. The van der Waals surface area contributed by atoms with E-state index in [0.717, 1.165) is 11.1 Å². The van der Waals surface area contributed by atoms with Gasteiger partial charge in [-0.2, -0.15) is 0 Å². The van der Waals surface area contributed by atoms with E-state index in [1.54, 1.807) is 46.9 Å². The number of ether oxygens (including phenoxy) is 4. The van der Waals surface area contributed by atoms with Gasteiger partial charge >= 0.3 is 12.1 Å². The van der Waals surface area contributed by atoms with Gasteiger partial charge in [-0.25, -0.2) is 4.79 Å². The van der Waals surface area contributed by atoms with Crippen LogP contribution >= 0.6 is 0 Å². The molecule has 2 amide bonds. The number of nitrogens with zero attached hydrogens (tertiary/aromatic N) is 1. The fourth-order valence-electron chi connectivity index (χ4n) is 3.24. The molecule has 9 nitrogen and oxygen atoms in total. The van der Waals surface area contributed by atoms with Crippen molar-refractivity contribution in [3.8, 4) is 5.75 Å². The molecule has 9 heteroatoms. The number of carbonyl (C=O) groups excluding carboxylic acids is 3. The highest BCUT2D eigenvalue weighted by molar-refractivity contribution is 5.88. The van der Waals surface area contributed by atoms with Crippen LogP contribution in [-0.4, -0.2) is 61.4 Å². The van der Waals surface area contributed by atoms with Crippen LogP contribution < -0.4 is 10.1 Å². The molecule has 0 aliphatic heterocycles. The van der Waals surface area contributed by atoms with Crippen molar-refractivity contribution in [2.24, 2.45) is 0 Å². The summed E-state index contributed by atoms with van der Waals surface area (Å²) in [5, 5.41) is 2.60. The van der Waals surface area contributed by atoms with Gasteiger partial charge in [0.25, 0.3) is 0 Å². The number of amides is 2. The van der Waals surface area contributed by atoms with E-state index < -0.39 is 29.6 Å². The zero-order valence-corrected chi connectivity index (χ0v) is 21.6. The Morgan fingerprint density at radius 3 is 2.22 bits per heavy atom. The molecule has 0 aliphatic rings. The number of methoxy groups -OCH3 is 1. The van der Waals surface area contributed by atoms with E-state index >= 15 is 0 Å². The Labute approximate surface area is 212 Å². The second kappa shape index (κ2) is 14.1. The van der Waals surface area contributed by atoms with E-state index in [-0.39, 0.29) is 32.9 Å². The van der Waals surface area contributed by atoms with Gasteiger partial charge in [0.15, 0.2) is 0 Å². The van der Waals surface area contributed by atoms with Crippen LogP contribution in [0.15, 0.2) is 54.6 Å². The third-order valence-corrected chi connectivity index (χ3v) is 4.85.